The summed E-state index contributed by atoms with van der Waals surface area (Å²) in [5, 5.41) is 2.57. The predicted molar refractivity (Wildman–Crippen MR) is 237 cm³/mol. The zero-order chi connectivity index (χ0) is 40.8. The van der Waals surface area contributed by atoms with E-state index in [0.717, 1.165) is 33.7 Å². The number of pyridine rings is 1. The molecule has 0 fully saturated rings. The van der Waals surface area contributed by atoms with Gasteiger partial charge >= 0.3 is 130 Å². The molecule has 55 heavy (non-hydrogen) atoms. The summed E-state index contributed by atoms with van der Waals surface area (Å²) in [6.07, 6.45) is 2.02. The van der Waals surface area contributed by atoms with Crippen LogP contribution in [-0.2, 0) is 20.1 Å². The number of aryl methyl sites for hydroxylation is 1. The van der Waals surface area contributed by atoms with E-state index in [9.17, 15) is 0 Å². The molecule has 5 aromatic carbocycles. The Labute approximate surface area is 352 Å². The summed E-state index contributed by atoms with van der Waals surface area (Å²) in [5.41, 5.74) is 10.5. The fourth-order valence-electron chi connectivity index (χ4n) is 7.31. The Morgan fingerprint density at radius 1 is 0.691 bits per heavy atom. The molecule has 0 aliphatic carbocycles. The van der Waals surface area contributed by atoms with Crippen LogP contribution in [0.15, 0.2) is 109 Å². The van der Waals surface area contributed by atoms with Crippen LogP contribution in [0.3, 0.4) is 0 Å². The Morgan fingerprint density at radius 2 is 1.36 bits per heavy atom. The van der Waals surface area contributed by atoms with Gasteiger partial charge in [0.05, 0.1) is 16.9 Å². The molecule has 3 aromatic heterocycles. The second-order valence-electron chi connectivity index (χ2n) is 16.1. The topological polar surface area (TPSA) is 30.7 Å². The van der Waals surface area contributed by atoms with Crippen LogP contribution in [0.5, 0.6) is 0 Å². The van der Waals surface area contributed by atoms with Gasteiger partial charge in [-0.05, 0) is 51.2 Å². The summed E-state index contributed by atoms with van der Waals surface area (Å²) in [7, 11) is 0. The van der Waals surface area contributed by atoms with Gasteiger partial charge in [-0.2, -0.15) is 11.3 Å². The van der Waals surface area contributed by atoms with Crippen molar-refractivity contribution in [3.8, 4) is 28.3 Å². The van der Waals surface area contributed by atoms with Crippen molar-refractivity contribution in [1.82, 2.24) is 14.5 Å². The second kappa shape index (κ2) is 16.7. The first kappa shape index (κ1) is 36.8. The van der Waals surface area contributed by atoms with Gasteiger partial charge in [0, 0.05) is 30.5 Å². The number of hydrogen-bond acceptors (Lipinski definition) is 3. The second-order valence-corrected chi connectivity index (χ2v) is 27.8. The van der Waals surface area contributed by atoms with Gasteiger partial charge in [-0.3, -0.25) is 4.98 Å². The number of thiophene rings is 1. The smallest absolute Gasteiger partial charge is 0 e. The van der Waals surface area contributed by atoms with E-state index < -0.39 is 20.1 Å². The minimum absolute atomic E-state index is 0. The molecule has 0 saturated heterocycles. The van der Waals surface area contributed by atoms with E-state index in [2.05, 4.69) is 165 Å². The van der Waals surface area contributed by atoms with Crippen molar-refractivity contribution in [2.45, 2.75) is 83.4 Å². The number of para-hydroxylation sites is 3. The number of fused-ring (bicyclic) bond motifs is 4. The van der Waals surface area contributed by atoms with Gasteiger partial charge in [0.1, 0.15) is 0 Å². The van der Waals surface area contributed by atoms with Crippen LogP contribution in [0, 0.1) is 19.0 Å². The molecule has 0 unspecified atom stereocenters. The van der Waals surface area contributed by atoms with Crippen LogP contribution in [0.4, 0.5) is 0 Å². The van der Waals surface area contributed by atoms with Crippen LogP contribution in [0.1, 0.15) is 85.7 Å². The van der Waals surface area contributed by atoms with Gasteiger partial charge in [0.2, 0.25) is 0 Å². The third-order valence-electron chi connectivity index (χ3n) is 10.1. The molecule has 0 spiro atoms. The van der Waals surface area contributed by atoms with E-state index in [4.69, 9.17) is 9.10 Å². The molecule has 0 N–H and O–H groups in total. The Hall–Kier alpha value is -3.87. The average molecular weight is 982 g/mol. The molecule has 8 aromatic rings. The molecule has 3 nitrogen and oxygen atoms in total. The molecular weight excluding hydrogens is 927 g/mol. The Bertz CT molecular complexity index is 2680. The van der Waals surface area contributed by atoms with Crippen molar-refractivity contribution in [3.63, 3.8) is 0 Å². The first-order valence-corrected chi connectivity index (χ1v) is 27.2. The summed E-state index contributed by atoms with van der Waals surface area (Å²) in [6, 6.07) is 42.1. The molecule has 0 aliphatic rings. The van der Waals surface area contributed by atoms with E-state index >= 15 is 0 Å². The van der Waals surface area contributed by atoms with Crippen LogP contribution < -0.4 is 4.40 Å². The molecular formula is C49H51GeIrN3S-2. The molecule has 283 valence electrons. The number of benzene rings is 5. The SMILES string of the molecule is CC(C)c1cccc(C(C)C)c1-n1c(-c2[c-]cc3sc4ccccc4c3c2)nc2ccccc21.[2H]C([2H])([2H])c1c[c-]c(-c2cc(C(C)C)[c]([Ge]([CH3])([CH3])[CH3])cn2)cc1.[Ir]. The molecule has 0 atom stereocenters. The van der Waals surface area contributed by atoms with Crippen LogP contribution in [0.25, 0.3) is 59.5 Å². The molecule has 6 heteroatoms. The number of aromatic nitrogens is 3. The summed E-state index contributed by atoms with van der Waals surface area (Å²) < 4.78 is 28.7. The summed E-state index contributed by atoms with van der Waals surface area (Å²) in [6.45, 7) is 11.4. The fraction of sp³-hybridized carbons (Fsp3) is 0.265. The third kappa shape index (κ3) is 8.32. The maximum Gasteiger partial charge on any atom is 0 e. The number of rotatable bonds is 7. The quantitative estimate of drug-likeness (QED) is 0.118. The minimum Gasteiger partial charge on any atom is 0 e. The predicted octanol–water partition coefficient (Wildman–Crippen LogP) is 13.6. The number of hydrogen-bond donors (Lipinski definition) is 0. The van der Waals surface area contributed by atoms with E-state index in [1.54, 1.807) is 18.2 Å². The van der Waals surface area contributed by atoms with E-state index in [1.165, 1.54) is 46.9 Å². The summed E-state index contributed by atoms with van der Waals surface area (Å²) >= 11 is -0.140. The van der Waals surface area contributed by atoms with Gasteiger partial charge in [-0.25, -0.2) is 0 Å². The largest absolute Gasteiger partial charge is 0 e. The molecule has 3 heterocycles. The summed E-state index contributed by atoms with van der Waals surface area (Å²) in [4.78, 5) is 9.79. The molecule has 1 radical (unpaired) electrons. The zero-order valence-corrected chi connectivity index (χ0v) is 38.5. The van der Waals surface area contributed by atoms with Crippen molar-refractivity contribution in [2.24, 2.45) is 0 Å². The first-order valence-electron chi connectivity index (χ1n) is 20.5. The van der Waals surface area contributed by atoms with Crippen LogP contribution in [0.2, 0.25) is 17.3 Å². The minimum atomic E-state index is -2.09. The van der Waals surface area contributed by atoms with Crippen molar-refractivity contribution in [2.75, 3.05) is 0 Å². The Balaban J connectivity index is 0.000000208. The first-order chi connectivity index (χ1) is 27.0. The molecule has 0 bridgehead atoms. The van der Waals surface area contributed by atoms with Gasteiger partial charge in [-0.15, -0.1) is 23.8 Å². The molecule has 8 rings (SSSR count). The Morgan fingerprint density at radius 3 is 2.02 bits per heavy atom. The van der Waals surface area contributed by atoms with Gasteiger partial charge in [-0.1, -0.05) is 81.6 Å². The van der Waals surface area contributed by atoms with Gasteiger partial charge < -0.3 is 4.57 Å². The maximum atomic E-state index is 7.44. The number of imidazole rings is 1. The standard InChI is InChI=1S/C31H27N2S.C18H24GeN.Ir/c1-19(2)22-11-9-12-23(20(3)4)30(22)33-27-14-7-6-13-26(27)32-31(33)21-16-17-29-25(18-21)24-10-5-8-15-28(24)34-29;1-13(2)16-11-18(15-9-7-14(3)8-10-15)20-12-17(16)19(4,5)6;/h5-15,17-20H,1-4H3;7-9,11-13H,1-6H3;/q2*-1;/i;3D3;. The average Bonchev–Trinajstić information content (AvgIpc) is 3.75. The fourth-order valence-corrected chi connectivity index (χ4v) is 11.9. The normalized spacial score (nSPS) is 12.8. The van der Waals surface area contributed by atoms with Crippen molar-refractivity contribution in [1.29, 1.82) is 0 Å². The zero-order valence-electron chi connectivity index (χ0n) is 36.2. The van der Waals surface area contributed by atoms with Crippen molar-refractivity contribution >= 4 is 60.2 Å². The number of nitrogens with zero attached hydrogens (tertiary/aromatic N) is 3. The van der Waals surface area contributed by atoms with Gasteiger partial charge in [0.25, 0.3) is 0 Å². The van der Waals surface area contributed by atoms with Crippen LogP contribution in [-0.4, -0.2) is 27.8 Å². The van der Waals surface area contributed by atoms with E-state index in [-0.39, 0.29) is 20.1 Å². The molecule has 0 saturated carbocycles. The molecule has 0 aliphatic heterocycles. The van der Waals surface area contributed by atoms with E-state index in [1.807, 2.05) is 17.5 Å². The van der Waals surface area contributed by atoms with Crippen LogP contribution >= 0.6 is 11.3 Å². The van der Waals surface area contributed by atoms with Gasteiger partial charge in [0.15, 0.2) is 0 Å². The third-order valence-corrected chi connectivity index (χ3v) is 15.5. The molecule has 0 amide bonds. The Kier molecular flexibility index (Phi) is 11.2. The van der Waals surface area contributed by atoms with E-state index in [0.29, 0.717) is 23.3 Å². The van der Waals surface area contributed by atoms with Crippen molar-refractivity contribution < 1.29 is 24.2 Å². The maximum absolute atomic E-state index is 7.44. The summed E-state index contributed by atoms with van der Waals surface area (Å²) in [5.74, 6) is 9.32. The van der Waals surface area contributed by atoms with Crippen molar-refractivity contribution in [3.05, 3.63) is 144 Å². The monoisotopic (exact) mass is 983 g/mol.